The number of nitrogens with one attached hydrogen (secondary N) is 1. The summed E-state index contributed by atoms with van der Waals surface area (Å²) >= 11 is 0. The van der Waals surface area contributed by atoms with Gasteiger partial charge in [0.1, 0.15) is 17.4 Å². The molecule has 1 aromatic heterocycles. The van der Waals surface area contributed by atoms with Crippen molar-refractivity contribution in [2.75, 3.05) is 0 Å². The Hall–Kier alpha value is -2.29. The SMILES string of the molecule is C#CCC(NC(=O)c1c(CC)noc1C)C(=O)O. The number of hydrogen-bond donors (Lipinski definition) is 2. The standard InChI is InChI=1S/C12H14N2O4/c1-4-6-9(12(16)17)13-11(15)10-7(3)18-14-8(10)5-2/h1,9H,5-6H2,2-3H3,(H,13,15)(H,16,17). The van der Waals surface area contributed by atoms with Gasteiger partial charge in [-0.05, 0) is 13.3 Å². The quantitative estimate of drug-likeness (QED) is 0.752. The third-order valence-corrected chi connectivity index (χ3v) is 2.42. The molecular formula is C12H14N2O4. The maximum atomic E-state index is 12.0. The smallest absolute Gasteiger partial charge is 0.327 e. The Kier molecular flexibility index (Phi) is 4.49. The van der Waals surface area contributed by atoms with E-state index in [1.807, 2.05) is 6.92 Å². The van der Waals surface area contributed by atoms with Crippen LogP contribution in [0.3, 0.4) is 0 Å². The number of carbonyl (C=O) groups is 2. The van der Waals surface area contributed by atoms with Crippen LogP contribution in [0, 0.1) is 19.3 Å². The molecule has 0 aliphatic carbocycles. The van der Waals surface area contributed by atoms with E-state index in [4.69, 9.17) is 16.1 Å². The molecule has 0 spiro atoms. The van der Waals surface area contributed by atoms with Crippen molar-refractivity contribution in [2.24, 2.45) is 0 Å². The number of carboxylic acid groups (broad SMARTS) is 1. The Labute approximate surface area is 104 Å². The number of carboxylic acids is 1. The molecule has 6 heteroatoms. The first-order valence-corrected chi connectivity index (χ1v) is 5.43. The minimum absolute atomic E-state index is 0.0765. The molecule has 96 valence electrons. The number of rotatable bonds is 5. The maximum Gasteiger partial charge on any atom is 0.327 e. The molecule has 1 unspecified atom stereocenters. The van der Waals surface area contributed by atoms with Crippen LogP contribution in [0.15, 0.2) is 4.52 Å². The van der Waals surface area contributed by atoms with Crippen molar-refractivity contribution >= 4 is 11.9 Å². The van der Waals surface area contributed by atoms with E-state index in [0.717, 1.165) is 0 Å². The minimum atomic E-state index is -1.17. The molecule has 0 aliphatic heterocycles. The lowest BCUT2D eigenvalue weighted by Gasteiger charge is -2.11. The summed E-state index contributed by atoms with van der Waals surface area (Å²) in [6, 6.07) is -1.11. The maximum absolute atomic E-state index is 12.0. The first kappa shape index (κ1) is 13.8. The second-order valence-electron chi connectivity index (χ2n) is 3.69. The Morgan fingerprint density at radius 1 is 1.61 bits per heavy atom. The van der Waals surface area contributed by atoms with Crippen molar-refractivity contribution in [3.05, 3.63) is 17.0 Å². The third-order valence-electron chi connectivity index (χ3n) is 2.42. The van der Waals surface area contributed by atoms with Gasteiger partial charge >= 0.3 is 5.97 Å². The van der Waals surface area contributed by atoms with Crippen molar-refractivity contribution in [1.29, 1.82) is 0 Å². The highest BCUT2D eigenvalue weighted by atomic mass is 16.5. The zero-order valence-corrected chi connectivity index (χ0v) is 10.2. The zero-order chi connectivity index (χ0) is 13.7. The first-order chi connectivity index (χ1) is 8.51. The monoisotopic (exact) mass is 250 g/mol. The van der Waals surface area contributed by atoms with Gasteiger partial charge < -0.3 is 14.9 Å². The molecule has 0 saturated heterocycles. The fraction of sp³-hybridized carbons (Fsp3) is 0.417. The Bertz CT molecular complexity index is 499. The fourth-order valence-corrected chi connectivity index (χ4v) is 1.50. The molecule has 1 amide bonds. The van der Waals surface area contributed by atoms with Crippen molar-refractivity contribution in [3.63, 3.8) is 0 Å². The number of aromatic nitrogens is 1. The summed E-state index contributed by atoms with van der Waals surface area (Å²) in [6.45, 7) is 3.42. The van der Waals surface area contributed by atoms with Crippen LogP contribution in [0.4, 0.5) is 0 Å². The fourth-order valence-electron chi connectivity index (χ4n) is 1.50. The van der Waals surface area contributed by atoms with Crippen LogP contribution in [-0.4, -0.2) is 28.2 Å². The Morgan fingerprint density at radius 3 is 2.78 bits per heavy atom. The van der Waals surface area contributed by atoms with Crippen LogP contribution in [-0.2, 0) is 11.2 Å². The molecule has 1 rings (SSSR count). The summed E-state index contributed by atoms with van der Waals surface area (Å²) in [7, 11) is 0. The lowest BCUT2D eigenvalue weighted by atomic mass is 10.1. The molecule has 0 bridgehead atoms. The highest BCUT2D eigenvalue weighted by Crippen LogP contribution is 2.14. The van der Waals surface area contributed by atoms with Gasteiger partial charge in [-0.1, -0.05) is 12.1 Å². The molecule has 1 atom stereocenters. The van der Waals surface area contributed by atoms with Crippen LogP contribution < -0.4 is 5.32 Å². The summed E-state index contributed by atoms with van der Waals surface area (Å²) in [5, 5.41) is 15.0. The van der Waals surface area contributed by atoms with Crippen LogP contribution >= 0.6 is 0 Å². The highest BCUT2D eigenvalue weighted by Gasteiger charge is 2.24. The molecule has 1 aromatic rings. The minimum Gasteiger partial charge on any atom is -0.480 e. The lowest BCUT2D eigenvalue weighted by molar-refractivity contribution is -0.139. The van der Waals surface area contributed by atoms with Gasteiger partial charge in [-0.25, -0.2) is 4.79 Å². The van der Waals surface area contributed by atoms with Crippen LogP contribution in [0.25, 0.3) is 0 Å². The predicted octanol–water partition coefficient (Wildman–Crippen LogP) is 0.752. The van der Waals surface area contributed by atoms with E-state index in [1.54, 1.807) is 6.92 Å². The molecule has 2 N–H and O–H groups in total. The average Bonchev–Trinajstić information content (AvgIpc) is 2.69. The van der Waals surface area contributed by atoms with Crippen molar-refractivity contribution in [2.45, 2.75) is 32.7 Å². The second kappa shape index (κ2) is 5.87. The molecular weight excluding hydrogens is 236 g/mol. The molecule has 0 radical (unpaired) electrons. The number of amides is 1. The number of hydrogen-bond acceptors (Lipinski definition) is 4. The van der Waals surface area contributed by atoms with E-state index in [0.29, 0.717) is 17.9 Å². The summed E-state index contributed by atoms with van der Waals surface area (Å²) in [6.07, 6.45) is 5.50. The largest absolute Gasteiger partial charge is 0.480 e. The van der Waals surface area contributed by atoms with Gasteiger partial charge in [0.05, 0.1) is 5.69 Å². The number of nitrogens with zero attached hydrogens (tertiary/aromatic N) is 1. The van der Waals surface area contributed by atoms with Crippen molar-refractivity contribution < 1.29 is 19.2 Å². The molecule has 1 heterocycles. The molecule has 18 heavy (non-hydrogen) atoms. The van der Waals surface area contributed by atoms with Crippen LogP contribution in [0.1, 0.15) is 35.2 Å². The van der Waals surface area contributed by atoms with Crippen molar-refractivity contribution in [3.8, 4) is 12.3 Å². The van der Waals surface area contributed by atoms with Gasteiger partial charge in [0, 0.05) is 6.42 Å². The first-order valence-electron chi connectivity index (χ1n) is 5.43. The molecule has 0 aromatic carbocycles. The topological polar surface area (TPSA) is 92.4 Å². The predicted molar refractivity (Wildman–Crippen MR) is 63.0 cm³/mol. The Balaban J connectivity index is 2.90. The van der Waals surface area contributed by atoms with E-state index in [1.165, 1.54) is 0 Å². The summed E-state index contributed by atoms with van der Waals surface area (Å²) in [4.78, 5) is 22.8. The van der Waals surface area contributed by atoms with E-state index in [2.05, 4.69) is 16.4 Å². The number of carbonyl (C=O) groups excluding carboxylic acids is 1. The normalized spacial score (nSPS) is 11.6. The molecule has 0 fully saturated rings. The van der Waals surface area contributed by atoms with Gasteiger partial charge in [0.2, 0.25) is 0 Å². The van der Waals surface area contributed by atoms with E-state index in [-0.39, 0.29) is 12.0 Å². The van der Waals surface area contributed by atoms with Gasteiger partial charge in [-0.3, -0.25) is 4.79 Å². The lowest BCUT2D eigenvalue weighted by Crippen LogP contribution is -2.40. The van der Waals surface area contributed by atoms with Crippen LogP contribution in [0.5, 0.6) is 0 Å². The van der Waals surface area contributed by atoms with Gasteiger partial charge in [-0.2, -0.15) is 0 Å². The van der Waals surface area contributed by atoms with Gasteiger partial charge in [0.15, 0.2) is 0 Å². The van der Waals surface area contributed by atoms with Crippen LogP contribution in [0.2, 0.25) is 0 Å². The summed E-state index contributed by atoms with van der Waals surface area (Å²) < 4.78 is 4.91. The van der Waals surface area contributed by atoms with Gasteiger partial charge in [-0.15, -0.1) is 12.3 Å². The number of aliphatic carboxylic acids is 1. The number of aryl methyl sites for hydroxylation is 2. The molecule has 0 saturated carbocycles. The van der Waals surface area contributed by atoms with Crippen molar-refractivity contribution in [1.82, 2.24) is 10.5 Å². The van der Waals surface area contributed by atoms with E-state index < -0.39 is 17.9 Å². The molecule has 6 nitrogen and oxygen atoms in total. The van der Waals surface area contributed by atoms with E-state index in [9.17, 15) is 9.59 Å². The van der Waals surface area contributed by atoms with E-state index >= 15 is 0 Å². The number of terminal acetylenes is 1. The molecule has 0 aliphatic rings. The van der Waals surface area contributed by atoms with Gasteiger partial charge in [0.25, 0.3) is 5.91 Å². The average molecular weight is 250 g/mol. The highest BCUT2D eigenvalue weighted by molar-refractivity contribution is 5.98. The zero-order valence-electron chi connectivity index (χ0n) is 10.2. The summed E-state index contributed by atoms with van der Waals surface area (Å²) in [5.41, 5.74) is 0.774. The third kappa shape index (κ3) is 2.88. The Morgan fingerprint density at radius 2 is 2.28 bits per heavy atom. The second-order valence-corrected chi connectivity index (χ2v) is 3.69. The summed E-state index contributed by atoms with van der Waals surface area (Å²) in [5.74, 6) is 0.857.